The van der Waals surface area contributed by atoms with Gasteiger partial charge in [0.05, 0.1) is 5.69 Å². The van der Waals surface area contributed by atoms with Gasteiger partial charge in [-0.3, -0.25) is 0 Å². The van der Waals surface area contributed by atoms with Crippen LogP contribution in [0.2, 0.25) is 0 Å². The van der Waals surface area contributed by atoms with Crippen LogP contribution in [0.25, 0.3) is 0 Å². The lowest BCUT2D eigenvalue weighted by Crippen LogP contribution is -2.13. The molecule has 0 aromatic heterocycles. The molecule has 4 N–H and O–H groups in total. The smallest absolute Gasteiger partial charge is 0.170 e. The molecule has 0 aliphatic carbocycles. The van der Waals surface area contributed by atoms with E-state index in [1.54, 1.807) is 24.3 Å². The summed E-state index contributed by atoms with van der Waals surface area (Å²) in [5.41, 5.74) is 7.03. The van der Waals surface area contributed by atoms with Crippen molar-refractivity contribution in [3.63, 3.8) is 0 Å². The molecule has 2 aromatic carbocycles. The van der Waals surface area contributed by atoms with Gasteiger partial charge in [-0.15, -0.1) is 0 Å². The zero-order valence-electron chi connectivity index (χ0n) is 10.8. The summed E-state index contributed by atoms with van der Waals surface area (Å²) in [5, 5.41) is 14.4. The summed E-state index contributed by atoms with van der Waals surface area (Å²) in [5.74, 6) is -1.35. The van der Waals surface area contributed by atoms with E-state index in [-0.39, 0.29) is 11.5 Å². The second-order valence-electron chi connectivity index (χ2n) is 4.28. The first-order valence-corrected chi connectivity index (χ1v) is 6.76. The lowest BCUT2D eigenvalue weighted by Gasteiger charge is -2.11. The highest BCUT2D eigenvalue weighted by Gasteiger charge is 2.09. The van der Waals surface area contributed by atoms with Crippen LogP contribution >= 0.6 is 15.9 Å². The summed E-state index contributed by atoms with van der Waals surface area (Å²) in [6, 6.07) is 8.92. The summed E-state index contributed by atoms with van der Waals surface area (Å²) >= 11 is 3.11. The zero-order chi connectivity index (χ0) is 15.4. The Balaban J connectivity index is 2.17. The number of halogens is 3. The molecule has 2 rings (SSSR count). The molecular weight excluding hydrogens is 344 g/mol. The van der Waals surface area contributed by atoms with Crippen LogP contribution in [0.15, 0.2) is 46.0 Å². The number of amidine groups is 1. The molecule has 4 nitrogen and oxygen atoms in total. The Morgan fingerprint density at radius 2 is 2.05 bits per heavy atom. The molecule has 0 radical (unpaired) electrons. The van der Waals surface area contributed by atoms with Crippen LogP contribution in [0.4, 0.5) is 14.5 Å². The van der Waals surface area contributed by atoms with Crippen LogP contribution in [0.3, 0.4) is 0 Å². The van der Waals surface area contributed by atoms with Gasteiger partial charge in [-0.1, -0.05) is 23.4 Å². The number of hydrogen-bond acceptors (Lipinski definition) is 3. The van der Waals surface area contributed by atoms with Crippen LogP contribution in [-0.4, -0.2) is 11.0 Å². The first kappa shape index (κ1) is 15.2. The van der Waals surface area contributed by atoms with Crippen molar-refractivity contribution < 1.29 is 14.0 Å². The van der Waals surface area contributed by atoms with E-state index < -0.39 is 11.6 Å². The van der Waals surface area contributed by atoms with Gasteiger partial charge in [-0.25, -0.2) is 8.78 Å². The Hall–Kier alpha value is -2.15. The Morgan fingerprint density at radius 1 is 1.29 bits per heavy atom. The van der Waals surface area contributed by atoms with Gasteiger partial charge in [-0.2, -0.15) is 0 Å². The molecule has 0 unspecified atom stereocenters. The van der Waals surface area contributed by atoms with Crippen molar-refractivity contribution in [3.05, 3.63) is 63.6 Å². The maximum absolute atomic E-state index is 13.7. The molecule has 0 aliphatic heterocycles. The number of anilines is 1. The van der Waals surface area contributed by atoms with Gasteiger partial charge >= 0.3 is 0 Å². The van der Waals surface area contributed by atoms with Crippen LogP contribution in [0.1, 0.15) is 11.1 Å². The number of nitrogens with zero attached hydrogens (tertiary/aromatic N) is 1. The van der Waals surface area contributed by atoms with Gasteiger partial charge in [0.15, 0.2) is 5.84 Å². The number of nitrogens with one attached hydrogen (secondary N) is 1. The lowest BCUT2D eigenvalue weighted by molar-refractivity contribution is 0.318. The van der Waals surface area contributed by atoms with Gasteiger partial charge in [0.1, 0.15) is 11.6 Å². The van der Waals surface area contributed by atoms with Gasteiger partial charge < -0.3 is 16.3 Å². The Morgan fingerprint density at radius 3 is 2.71 bits per heavy atom. The predicted octanol–water partition coefficient (Wildman–Crippen LogP) is 3.43. The summed E-state index contributed by atoms with van der Waals surface area (Å²) in [6.07, 6.45) is 0. The second-order valence-corrected chi connectivity index (χ2v) is 5.14. The van der Waals surface area contributed by atoms with E-state index in [4.69, 9.17) is 10.9 Å². The molecule has 0 atom stereocenters. The molecule has 0 fully saturated rings. The minimum atomic E-state index is -0.686. The van der Waals surface area contributed by atoms with Gasteiger partial charge in [0.2, 0.25) is 0 Å². The van der Waals surface area contributed by atoms with Crippen molar-refractivity contribution >= 4 is 27.5 Å². The minimum absolute atomic E-state index is 0.00834. The average Bonchev–Trinajstić information content (AvgIpc) is 2.45. The molecule has 0 saturated carbocycles. The fourth-order valence-corrected chi connectivity index (χ4v) is 2.35. The predicted molar refractivity (Wildman–Crippen MR) is 80.3 cm³/mol. The van der Waals surface area contributed by atoms with Crippen LogP contribution in [0, 0.1) is 11.6 Å². The van der Waals surface area contributed by atoms with Gasteiger partial charge in [-0.05, 0) is 33.6 Å². The van der Waals surface area contributed by atoms with E-state index in [2.05, 4.69) is 26.4 Å². The van der Waals surface area contributed by atoms with E-state index in [0.717, 1.165) is 11.6 Å². The van der Waals surface area contributed by atoms with Crippen molar-refractivity contribution in [1.82, 2.24) is 0 Å². The highest BCUT2D eigenvalue weighted by atomic mass is 79.9. The topological polar surface area (TPSA) is 70.6 Å². The quantitative estimate of drug-likeness (QED) is 0.340. The molecule has 7 heteroatoms. The molecule has 0 bridgehead atoms. The van der Waals surface area contributed by atoms with Crippen molar-refractivity contribution in [1.29, 1.82) is 0 Å². The van der Waals surface area contributed by atoms with Crippen molar-refractivity contribution in [2.24, 2.45) is 10.9 Å². The SMILES string of the molecule is NC(=NO)c1cccc(CNc2c(F)cc(F)cc2Br)c1. The Bertz CT molecular complexity index is 669. The molecule has 110 valence electrons. The summed E-state index contributed by atoms with van der Waals surface area (Å²) < 4.78 is 27.0. The lowest BCUT2D eigenvalue weighted by atomic mass is 10.1. The van der Waals surface area contributed by atoms with Gasteiger partial charge in [0.25, 0.3) is 0 Å². The molecule has 21 heavy (non-hydrogen) atoms. The van der Waals surface area contributed by atoms with Crippen LogP contribution in [-0.2, 0) is 6.54 Å². The molecule has 0 spiro atoms. The summed E-state index contributed by atoms with van der Waals surface area (Å²) in [4.78, 5) is 0. The maximum atomic E-state index is 13.7. The molecule has 2 aromatic rings. The van der Waals surface area contributed by atoms with Crippen molar-refractivity contribution in [2.45, 2.75) is 6.54 Å². The third-order valence-corrected chi connectivity index (χ3v) is 3.43. The minimum Gasteiger partial charge on any atom is -0.409 e. The third-order valence-electron chi connectivity index (χ3n) is 2.81. The highest BCUT2D eigenvalue weighted by Crippen LogP contribution is 2.27. The first-order valence-electron chi connectivity index (χ1n) is 5.96. The fourth-order valence-electron chi connectivity index (χ4n) is 1.80. The highest BCUT2D eigenvalue weighted by molar-refractivity contribution is 9.10. The average molecular weight is 356 g/mol. The number of oxime groups is 1. The third kappa shape index (κ3) is 3.69. The zero-order valence-corrected chi connectivity index (χ0v) is 12.4. The maximum Gasteiger partial charge on any atom is 0.170 e. The summed E-state index contributed by atoms with van der Waals surface area (Å²) in [7, 11) is 0. The number of hydrogen-bond donors (Lipinski definition) is 3. The van der Waals surface area contributed by atoms with Crippen LogP contribution < -0.4 is 11.1 Å². The monoisotopic (exact) mass is 355 g/mol. The van der Waals surface area contributed by atoms with E-state index in [0.29, 0.717) is 16.6 Å². The molecule has 0 amide bonds. The molecule has 0 aliphatic rings. The number of rotatable bonds is 4. The van der Waals surface area contributed by atoms with E-state index in [1.165, 1.54) is 6.07 Å². The fraction of sp³-hybridized carbons (Fsp3) is 0.0714. The standard InChI is InChI=1S/C14H12BrF2N3O/c15-11-5-10(16)6-12(17)13(11)19-7-8-2-1-3-9(4-8)14(18)20-21/h1-6,19,21H,7H2,(H2,18,20). The van der Waals surface area contributed by atoms with Gasteiger partial charge in [0, 0.05) is 22.6 Å². The molecule has 0 heterocycles. The molecular formula is C14H12BrF2N3O. The van der Waals surface area contributed by atoms with E-state index >= 15 is 0 Å². The normalized spacial score (nSPS) is 11.5. The Labute approximate surface area is 128 Å². The summed E-state index contributed by atoms with van der Waals surface area (Å²) in [6.45, 7) is 0.299. The van der Waals surface area contributed by atoms with E-state index in [9.17, 15) is 8.78 Å². The largest absolute Gasteiger partial charge is 0.409 e. The van der Waals surface area contributed by atoms with Crippen molar-refractivity contribution in [3.8, 4) is 0 Å². The first-order chi connectivity index (χ1) is 10.0. The number of nitrogens with two attached hydrogens (primary N) is 1. The second kappa shape index (κ2) is 6.53. The molecule has 0 saturated heterocycles. The van der Waals surface area contributed by atoms with Crippen LogP contribution in [0.5, 0.6) is 0 Å². The number of benzene rings is 2. The van der Waals surface area contributed by atoms with Crippen molar-refractivity contribution in [2.75, 3.05) is 5.32 Å². The Kier molecular flexibility index (Phi) is 4.74. The van der Waals surface area contributed by atoms with E-state index in [1.807, 2.05) is 0 Å².